The molecule has 0 amide bonds. The highest BCUT2D eigenvalue weighted by Gasteiger charge is 2.20. The fraction of sp³-hybridized carbons (Fsp3) is 0.500. The molecule has 0 aliphatic heterocycles. The lowest BCUT2D eigenvalue weighted by Gasteiger charge is -2.27. The van der Waals surface area contributed by atoms with E-state index in [0.717, 1.165) is 31.5 Å². The van der Waals surface area contributed by atoms with Crippen LogP contribution in [0.25, 0.3) is 0 Å². The first-order valence-corrected chi connectivity index (χ1v) is 9.91. The summed E-state index contributed by atoms with van der Waals surface area (Å²) in [7, 11) is 0. The van der Waals surface area contributed by atoms with Crippen molar-refractivity contribution in [1.29, 1.82) is 10.8 Å². The molecule has 2 N–H and O–H groups in total. The van der Waals surface area contributed by atoms with Crippen molar-refractivity contribution in [2.24, 2.45) is 4.99 Å². The van der Waals surface area contributed by atoms with Gasteiger partial charge >= 0.3 is 0 Å². The summed E-state index contributed by atoms with van der Waals surface area (Å²) in [5.74, 6) is 0.550. The maximum absolute atomic E-state index is 8.18. The molecular formula is C22H32N4O. The van der Waals surface area contributed by atoms with E-state index in [4.69, 9.17) is 15.6 Å². The molecule has 0 bridgehead atoms. The van der Waals surface area contributed by atoms with Gasteiger partial charge in [-0.05, 0) is 51.5 Å². The predicted molar refractivity (Wildman–Crippen MR) is 115 cm³/mol. The van der Waals surface area contributed by atoms with Crippen LogP contribution in [-0.2, 0) is 4.74 Å². The highest BCUT2D eigenvalue weighted by Crippen LogP contribution is 2.23. The number of nitrogens with one attached hydrogen (secondary N) is 2. The Morgan fingerprint density at radius 1 is 1.07 bits per heavy atom. The van der Waals surface area contributed by atoms with E-state index >= 15 is 0 Å². The number of anilines is 1. The van der Waals surface area contributed by atoms with E-state index in [-0.39, 0.29) is 6.42 Å². The number of benzene rings is 1. The minimum absolute atomic E-state index is 0.271. The maximum Gasteiger partial charge on any atom is 0.142 e. The largest absolute Gasteiger partial charge is 0.492 e. The molecule has 2 rings (SSSR count). The van der Waals surface area contributed by atoms with Crippen LogP contribution < -0.4 is 4.90 Å². The van der Waals surface area contributed by atoms with Gasteiger partial charge in [0, 0.05) is 30.8 Å². The highest BCUT2D eigenvalue weighted by atomic mass is 16.5. The van der Waals surface area contributed by atoms with E-state index in [9.17, 15) is 0 Å². The van der Waals surface area contributed by atoms with Crippen molar-refractivity contribution in [2.75, 3.05) is 18.1 Å². The second-order valence-electron chi connectivity index (χ2n) is 7.09. The molecule has 0 atom stereocenters. The lowest BCUT2D eigenvalue weighted by Crippen LogP contribution is -2.30. The standard InChI is InChI=1S/C22H32N4O/c1-5-7-8-13-27-22-15-21(19(23)14-20(22)24)25-17-9-11-18(12-10-17)26(6-2)16(3)4/h9-12,15-16,23-24H,5-8,13-14H2,1-4H3. The molecule has 0 aromatic heterocycles. The molecule has 0 radical (unpaired) electrons. The third kappa shape index (κ3) is 5.78. The fourth-order valence-electron chi connectivity index (χ4n) is 3.12. The van der Waals surface area contributed by atoms with E-state index in [1.165, 1.54) is 5.69 Å². The molecule has 0 spiro atoms. The molecule has 0 fully saturated rings. The second-order valence-corrected chi connectivity index (χ2v) is 7.09. The zero-order chi connectivity index (χ0) is 19.8. The van der Waals surface area contributed by atoms with Gasteiger partial charge in [0.25, 0.3) is 0 Å². The molecule has 1 aliphatic rings. The first kappa shape index (κ1) is 20.9. The molecule has 27 heavy (non-hydrogen) atoms. The number of hydrogen-bond acceptors (Lipinski definition) is 5. The van der Waals surface area contributed by atoms with Crippen LogP contribution in [0.15, 0.2) is 41.1 Å². The summed E-state index contributed by atoms with van der Waals surface area (Å²) in [6.45, 7) is 10.2. The lowest BCUT2D eigenvalue weighted by molar-refractivity contribution is 0.223. The Kier molecular flexibility index (Phi) is 7.77. The zero-order valence-corrected chi connectivity index (χ0v) is 17.0. The van der Waals surface area contributed by atoms with Gasteiger partial charge < -0.3 is 20.5 Å². The average molecular weight is 369 g/mol. The third-order valence-electron chi connectivity index (χ3n) is 4.63. The predicted octanol–water partition coefficient (Wildman–Crippen LogP) is 5.53. The van der Waals surface area contributed by atoms with Gasteiger partial charge in [-0.25, -0.2) is 4.99 Å². The first-order valence-electron chi connectivity index (χ1n) is 9.91. The van der Waals surface area contributed by atoms with Gasteiger partial charge in [-0.2, -0.15) is 0 Å². The van der Waals surface area contributed by atoms with Crippen LogP contribution in [-0.4, -0.2) is 36.3 Å². The fourth-order valence-corrected chi connectivity index (χ4v) is 3.12. The molecule has 1 aromatic carbocycles. The maximum atomic E-state index is 8.18. The summed E-state index contributed by atoms with van der Waals surface area (Å²) >= 11 is 0. The summed E-state index contributed by atoms with van der Waals surface area (Å²) in [4.78, 5) is 6.94. The van der Waals surface area contributed by atoms with E-state index < -0.39 is 0 Å². The van der Waals surface area contributed by atoms with Gasteiger partial charge in [-0.15, -0.1) is 0 Å². The molecule has 0 saturated heterocycles. The Hall–Kier alpha value is -2.43. The summed E-state index contributed by atoms with van der Waals surface area (Å²) in [6, 6.07) is 8.55. The SMILES string of the molecule is CCCCCOC1=CC(=Nc2ccc(N(CC)C(C)C)cc2)C(=N)CC1=N. The number of hydrogen-bond donors (Lipinski definition) is 2. The minimum atomic E-state index is 0.271. The van der Waals surface area contributed by atoms with Gasteiger partial charge in [0.15, 0.2) is 0 Å². The van der Waals surface area contributed by atoms with Gasteiger partial charge in [0.2, 0.25) is 0 Å². The van der Waals surface area contributed by atoms with Crippen LogP contribution in [0.5, 0.6) is 0 Å². The molecule has 5 nitrogen and oxygen atoms in total. The van der Waals surface area contributed by atoms with Gasteiger partial charge in [-0.1, -0.05) is 19.8 Å². The summed E-state index contributed by atoms with van der Waals surface area (Å²) in [6.07, 6.45) is 5.25. The van der Waals surface area contributed by atoms with Gasteiger partial charge in [0.05, 0.1) is 29.4 Å². The van der Waals surface area contributed by atoms with Crippen LogP contribution in [0.1, 0.15) is 53.4 Å². The molecule has 1 aliphatic carbocycles. The number of rotatable bonds is 9. The normalized spacial score (nSPS) is 16.0. The molecule has 146 valence electrons. The average Bonchev–Trinajstić information content (AvgIpc) is 2.64. The minimum Gasteiger partial charge on any atom is -0.492 e. The number of aliphatic imine (C=N–C) groups is 1. The monoisotopic (exact) mass is 368 g/mol. The van der Waals surface area contributed by atoms with Gasteiger partial charge in [-0.3, -0.25) is 0 Å². The lowest BCUT2D eigenvalue weighted by atomic mass is 9.99. The Bertz CT molecular complexity index is 716. The summed E-state index contributed by atoms with van der Waals surface area (Å²) in [5, 5.41) is 16.2. The van der Waals surface area contributed by atoms with Crippen molar-refractivity contribution >= 4 is 28.5 Å². The molecule has 1 aromatic rings. The van der Waals surface area contributed by atoms with Gasteiger partial charge in [0.1, 0.15) is 5.76 Å². The second kappa shape index (κ2) is 10.0. The molecule has 5 heteroatoms. The summed E-state index contributed by atoms with van der Waals surface area (Å²) in [5.41, 5.74) is 3.30. The number of nitrogens with zero attached hydrogens (tertiary/aromatic N) is 2. The van der Waals surface area contributed by atoms with Crippen molar-refractivity contribution in [3.63, 3.8) is 0 Å². The molecule has 0 saturated carbocycles. The van der Waals surface area contributed by atoms with E-state index in [1.807, 2.05) is 12.1 Å². The molecular weight excluding hydrogens is 336 g/mol. The molecule has 0 unspecified atom stereocenters. The van der Waals surface area contributed by atoms with Crippen LogP contribution in [0.3, 0.4) is 0 Å². The topological polar surface area (TPSA) is 72.5 Å². The van der Waals surface area contributed by atoms with E-state index in [2.05, 4.69) is 49.7 Å². The Morgan fingerprint density at radius 2 is 1.78 bits per heavy atom. The third-order valence-corrected chi connectivity index (χ3v) is 4.63. The van der Waals surface area contributed by atoms with E-state index in [1.54, 1.807) is 6.08 Å². The smallest absolute Gasteiger partial charge is 0.142 e. The van der Waals surface area contributed by atoms with Crippen LogP contribution in [0.2, 0.25) is 0 Å². The van der Waals surface area contributed by atoms with Crippen molar-refractivity contribution in [2.45, 2.75) is 59.4 Å². The highest BCUT2D eigenvalue weighted by molar-refractivity contribution is 6.51. The number of unbranched alkanes of at least 4 members (excludes halogenated alkanes) is 2. The van der Waals surface area contributed by atoms with Crippen molar-refractivity contribution in [3.05, 3.63) is 36.1 Å². The van der Waals surface area contributed by atoms with Crippen molar-refractivity contribution in [3.8, 4) is 0 Å². The number of allylic oxidation sites excluding steroid dienone is 2. The number of ether oxygens (including phenoxy) is 1. The zero-order valence-electron chi connectivity index (χ0n) is 17.0. The molecule has 0 heterocycles. The van der Waals surface area contributed by atoms with Crippen LogP contribution >= 0.6 is 0 Å². The van der Waals surface area contributed by atoms with Crippen LogP contribution in [0.4, 0.5) is 11.4 Å². The Morgan fingerprint density at radius 3 is 2.37 bits per heavy atom. The Balaban J connectivity index is 2.16. The van der Waals surface area contributed by atoms with Crippen molar-refractivity contribution < 1.29 is 4.74 Å². The first-order chi connectivity index (χ1) is 13.0. The summed E-state index contributed by atoms with van der Waals surface area (Å²) < 4.78 is 5.76. The van der Waals surface area contributed by atoms with Crippen molar-refractivity contribution in [1.82, 2.24) is 0 Å². The van der Waals surface area contributed by atoms with E-state index in [0.29, 0.717) is 35.5 Å². The quantitative estimate of drug-likeness (QED) is 0.563. The Labute approximate surface area is 163 Å². The van der Waals surface area contributed by atoms with Crippen LogP contribution in [0, 0.1) is 10.8 Å².